The van der Waals surface area contributed by atoms with E-state index in [2.05, 4.69) is 26.2 Å². The summed E-state index contributed by atoms with van der Waals surface area (Å²) in [6, 6.07) is 4.92. The van der Waals surface area contributed by atoms with Crippen LogP contribution in [0.5, 0.6) is 5.75 Å². The van der Waals surface area contributed by atoms with Gasteiger partial charge in [-0.25, -0.2) is 4.79 Å². The monoisotopic (exact) mass is 565 g/mol. The number of carbonyl (C=O) groups excluding carboxylic acids is 1. The summed E-state index contributed by atoms with van der Waals surface area (Å²) in [5.74, 6) is 0.697. The lowest BCUT2D eigenvalue weighted by molar-refractivity contribution is -0.390. The number of nitro groups is 1. The molecule has 0 radical (unpaired) electrons. The van der Waals surface area contributed by atoms with E-state index in [1.807, 2.05) is 0 Å². The number of halogens is 2. The van der Waals surface area contributed by atoms with E-state index in [4.69, 9.17) is 26.9 Å². The van der Waals surface area contributed by atoms with Crippen LogP contribution in [0.15, 0.2) is 34.0 Å². The number of carbonyl (C=O) groups is 1. The third kappa shape index (κ3) is 4.40. The molecule has 1 aromatic heterocycles. The highest BCUT2D eigenvalue weighted by molar-refractivity contribution is 9.10. The van der Waals surface area contributed by atoms with E-state index in [1.54, 1.807) is 29.1 Å². The maximum absolute atomic E-state index is 12.9. The molecule has 4 bridgehead atoms. The maximum Gasteiger partial charge on any atom is 0.404 e. The van der Waals surface area contributed by atoms with Gasteiger partial charge in [0, 0.05) is 5.02 Å². The highest BCUT2D eigenvalue weighted by atomic mass is 79.9. The molecule has 4 aliphatic rings. The van der Waals surface area contributed by atoms with E-state index in [0.29, 0.717) is 39.1 Å². The topological polar surface area (TPSA) is 135 Å². The lowest BCUT2D eigenvalue weighted by Gasteiger charge is -2.60. The SMILES string of the molecule is COc1ccc(Cl)cc1/C(N)=N/OC(=O)CC12CC3CC(C1)CC(n1cc(Br)c([N+](=O)[O-])n1)(C3)C2. The highest BCUT2D eigenvalue weighted by Crippen LogP contribution is 2.65. The summed E-state index contributed by atoms with van der Waals surface area (Å²) < 4.78 is 7.42. The summed E-state index contributed by atoms with van der Waals surface area (Å²) in [6.45, 7) is 0. The third-order valence-electron chi connectivity index (χ3n) is 7.66. The zero-order valence-electron chi connectivity index (χ0n) is 19.1. The number of ether oxygens (including phenoxy) is 1. The summed E-state index contributed by atoms with van der Waals surface area (Å²) in [5.41, 5.74) is 5.89. The maximum atomic E-state index is 12.9. The van der Waals surface area contributed by atoms with Crippen molar-refractivity contribution in [2.45, 2.75) is 50.5 Å². The molecule has 4 saturated carbocycles. The van der Waals surface area contributed by atoms with E-state index < -0.39 is 10.9 Å². The summed E-state index contributed by atoms with van der Waals surface area (Å²) in [4.78, 5) is 29.0. The van der Waals surface area contributed by atoms with Crippen LogP contribution in [0.1, 0.15) is 50.5 Å². The van der Waals surface area contributed by atoms with Gasteiger partial charge in [-0.05, 0) is 94.8 Å². The fourth-order valence-corrected chi connectivity index (χ4v) is 7.55. The van der Waals surface area contributed by atoms with E-state index in [1.165, 1.54) is 7.11 Å². The number of rotatable bonds is 7. The summed E-state index contributed by atoms with van der Waals surface area (Å²) in [7, 11) is 1.50. The number of hydrogen-bond donors (Lipinski definition) is 1. The largest absolute Gasteiger partial charge is 0.496 e. The van der Waals surface area contributed by atoms with Crippen LogP contribution in [-0.2, 0) is 15.2 Å². The average molecular weight is 567 g/mol. The van der Waals surface area contributed by atoms with E-state index in [0.717, 1.165) is 32.1 Å². The van der Waals surface area contributed by atoms with Crippen molar-refractivity contribution in [3.63, 3.8) is 0 Å². The van der Waals surface area contributed by atoms with Crippen molar-refractivity contribution in [3.05, 3.63) is 49.6 Å². The molecule has 0 amide bonds. The molecule has 4 aliphatic carbocycles. The lowest BCUT2D eigenvalue weighted by Crippen LogP contribution is -2.57. The smallest absolute Gasteiger partial charge is 0.404 e. The molecule has 186 valence electrons. The van der Waals surface area contributed by atoms with Crippen LogP contribution in [0.2, 0.25) is 5.02 Å². The molecule has 2 atom stereocenters. The standard InChI is InChI=1S/C23H25BrClN5O5/c1-34-18-3-2-15(25)5-16(18)20(26)28-35-19(31)10-22-6-13-4-14(7-22)9-23(8-13,12-22)29-11-17(24)21(27-29)30(32)33/h2-3,5,11,13-14H,4,6-10,12H2,1H3,(H2,26,28). The molecule has 0 saturated heterocycles. The highest BCUT2D eigenvalue weighted by Gasteiger charge is 2.60. The predicted molar refractivity (Wildman–Crippen MR) is 131 cm³/mol. The van der Waals surface area contributed by atoms with Gasteiger partial charge in [-0.2, -0.15) is 4.68 Å². The van der Waals surface area contributed by atoms with Crippen LogP contribution in [0.4, 0.5) is 5.82 Å². The second kappa shape index (κ2) is 8.77. The van der Waals surface area contributed by atoms with Crippen LogP contribution in [0, 0.1) is 27.4 Å². The van der Waals surface area contributed by atoms with Crippen LogP contribution < -0.4 is 10.5 Å². The van der Waals surface area contributed by atoms with Gasteiger partial charge in [0.1, 0.15) is 10.2 Å². The molecule has 1 aromatic carbocycles. The van der Waals surface area contributed by atoms with Gasteiger partial charge < -0.3 is 25.4 Å². The lowest BCUT2D eigenvalue weighted by atomic mass is 9.46. The quantitative estimate of drug-likeness (QED) is 0.168. The van der Waals surface area contributed by atoms with Gasteiger partial charge in [0.05, 0.1) is 35.9 Å². The molecule has 12 heteroatoms. The molecule has 6 rings (SSSR count). The number of amidine groups is 1. The van der Waals surface area contributed by atoms with Crippen molar-refractivity contribution in [1.82, 2.24) is 9.78 Å². The Bertz CT molecular complexity index is 1220. The third-order valence-corrected chi connectivity index (χ3v) is 8.46. The molecule has 2 unspecified atom stereocenters. The molecular formula is C23H25BrClN5O5. The van der Waals surface area contributed by atoms with Crippen LogP contribution in [0.25, 0.3) is 0 Å². The molecule has 2 N–H and O–H groups in total. The van der Waals surface area contributed by atoms with E-state index in [9.17, 15) is 14.9 Å². The Hall–Kier alpha value is -2.66. The molecule has 4 fully saturated rings. The van der Waals surface area contributed by atoms with Gasteiger partial charge in [-0.15, -0.1) is 0 Å². The minimum absolute atomic E-state index is 0.00613. The minimum Gasteiger partial charge on any atom is -0.496 e. The summed E-state index contributed by atoms with van der Waals surface area (Å²) in [6.07, 6.45) is 7.41. The first-order valence-electron chi connectivity index (χ1n) is 11.4. The zero-order valence-corrected chi connectivity index (χ0v) is 21.4. The first-order chi connectivity index (χ1) is 16.6. The van der Waals surface area contributed by atoms with Crippen molar-refractivity contribution in [2.24, 2.45) is 28.1 Å². The minimum atomic E-state index is -0.481. The Kier molecular flexibility index (Phi) is 6.03. The second-order valence-electron chi connectivity index (χ2n) is 10.1. The van der Waals surface area contributed by atoms with Crippen molar-refractivity contribution >= 4 is 45.2 Å². The number of aromatic nitrogens is 2. The Morgan fingerprint density at radius 1 is 1.37 bits per heavy atom. The van der Waals surface area contributed by atoms with Crippen LogP contribution in [-0.4, -0.2) is 33.6 Å². The molecule has 0 spiro atoms. The summed E-state index contributed by atoms with van der Waals surface area (Å²) >= 11 is 9.33. The normalized spacial score (nSPS) is 29.3. The van der Waals surface area contributed by atoms with Crippen LogP contribution in [0.3, 0.4) is 0 Å². The Morgan fingerprint density at radius 3 is 2.71 bits per heavy atom. The Morgan fingerprint density at radius 2 is 2.09 bits per heavy atom. The number of benzene rings is 1. The zero-order chi connectivity index (χ0) is 25.0. The van der Waals surface area contributed by atoms with Crippen molar-refractivity contribution in [2.75, 3.05) is 7.11 Å². The first kappa shape index (κ1) is 24.1. The molecular weight excluding hydrogens is 542 g/mol. The van der Waals surface area contributed by atoms with Crippen molar-refractivity contribution < 1.29 is 19.3 Å². The first-order valence-corrected chi connectivity index (χ1v) is 12.6. The predicted octanol–water partition coefficient (Wildman–Crippen LogP) is 4.77. The number of oxime groups is 1. The number of nitrogens with zero attached hydrogens (tertiary/aromatic N) is 4. The van der Waals surface area contributed by atoms with Gasteiger partial charge in [0.15, 0.2) is 5.84 Å². The second-order valence-corrected chi connectivity index (χ2v) is 11.4. The van der Waals surface area contributed by atoms with Gasteiger partial charge in [0.2, 0.25) is 0 Å². The summed E-state index contributed by atoms with van der Waals surface area (Å²) in [5, 5.41) is 20.0. The molecule has 1 heterocycles. The number of nitrogens with two attached hydrogens (primary N) is 1. The van der Waals surface area contributed by atoms with Gasteiger partial charge >= 0.3 is 11.8 Å². The number of methoxy groups -OCH3 is 1. The van der Waals surface area contributed by atoms with E-state index in [-0.39, 0.29) is 29.0 Å². The van der Waals surface area contributed by atoms with Gasteiger partial charge in [0.25, 0.3) is 0 Å². The molecule has 2 aromatic rings. The van der Waals surface area contributed by atoms with Crippen LogP contribution >= 0.6 is 27.5 Å². The fourth-order valence-electron chi connectivity index (χ4n) is 6.96. The van der Waals surface area contributed by atoms with Gasteiger partial charge in [-0.3, -0.25) is 0 Å². The average Bonchev–Trinajstić information content (AvgIpc) is 3.19. The molecule has 0 aliphatic heterocycles. The van der Waals surface area contributed by atoms with Crippen molar-refractivity contribution in [1.29, 1.82) is 0 Å². The van der Waals surface area contributed by atoms with Gasteiger partial charge in [-0.1, -0.05) is 16.8 Å². The Balaban J connectivity index is 1.35. The number of hydrogen-bond acceptors (Lipinski definition) is 7. The molecule has 10 nitrogen and oxygen atoms in total. The fraction of sp³-hybridized carbons (Fsp3) is 0.522. The Labute approximate surface area is 215 Å². The van der Waals surface area contributed by atoms with Crippen molar-refractivity contribution in [3.8, 4) is 5.75 Å². The van der Waals surface area contributed by atoms with E-state index >= 15 is 0 Å². The molecule has 35 heavy (non-hydrogen) atoms.